The van der Waals surface area contributed by atoms with Crippen molar-refractivity contribution in [2.75, 3.05) is 18.1 Å². The molecule has 3 N–H and O–H groups in total. The van der Waals surface area contributed by atoms with Crippen LogP contribution < -0.4 is 10.5 Å². The number of nitrogens with two attached hydrogens (primary N) is 1. The lowest BCUT2D eigenvalue weighted by Crippen LogP contribution is -2.11. The minimum Gasteiger partial charge on any atom is -0.491 e. The lowest BCUT2D eigenvalue weighted by Gasteiger charge is -2.08. The highest BCUT2D eigenvalue weighted by molar-refractivity contribution is 7.99. The van der Waals surface area contributed by atoms with E-state index in [1.54, 1.807) is 18.2 Å². The van der Waals surface area contributed by atoms with Gasteiger partial charge in [-0.05, 0) is 24.0 Å². The first-order valence-electron chi connectivity index (χ1n) is 4.99. The van der Waals surface area contributed by atoms with Crippen molar-refractivity contribution >= 4 is 29.2 Å². The van der Waals surface area contributed by atoms with Gasteiger partial charge in [-0.1, -0.05) is 18.5 Å². The van der Waals surface area contributed by atoms with Gasteiger partial charge in [-0.2, -0.15) is 11.8 Å². The molecule has 0 aromatic heterocycles. The van der Waals surface area contributed by atoms with Crippen LogP contribution in [0.4, 0.5) is 0 Å². The van der Waals surface area contributed by atoms with Gasteiger partial charge in [-0.25, -0.2) is 0 Å². The van der Waals surface area contributed by atoms with Gasteiger partial charge in [0.05, 0.1) is 11.6 Å². The molecule has 0 fully saturated rings. The van der Waals surface area contributed by atoms with Gasteiger partial charge in [-0.15, -0.1) is 0 Å². The van der Waals surface area contributed by atoms with E-state index in [0.29, 0.717) is 22.9 Å². The molecule has 0 aliphatic rings. The molecule has 0 spiro atoms. The van der Waals surface area contributed by atoms with E-state index < -0.39 is 0 Å². The number of nitrogens with one attached hydrogen (secondary N) is 1. The normalized spacial score (nSPS) is 10.1. The van der Waals surface area contributed by atoms with E-state index in [0.717, 1.165) is 11.5 Å². The fraction of sp³-hybridized carbons (Fsp3) is 0.364. The molecule has 1 aromatic carbocycles. The van der Waals surface area contributed by atoms with Crippen LogP contribution in [-0.4, -0.2) is 23.9 Å². The molecule has 0 bridgehead atoms. The molecule has 0 radical (unpaired) electrons. The fourth-order valence-corrected chi connectivity index (χ4v) is 1.87. The molecule has 0 saturated heterocycles. The van der Waals surface area contributed by atoms with E-state index in [9.17, 15) is 0 Å². The van der Waals surface area contributed by atoms with Crippen molar-refractivity contribution in [2.45, 2.75) is 6.92 Å². The van der Waals surface area contributed by atoms with Crippen LogP contribution in [-0.2, 0) is 0 Å². The number of hydrogen-bond donors (Lipinski definition) is 2. The molecule has 0 heterocycles. The first kappa shape index (κ1) is 13.2. The average molecular weight is 259 g/mol. The zero-order chi connectivity index (χ0) is 12.0. The first-order chi connectivity index (χ1) is 7.65. The Hall–Kier alpha value is -0.870. The van der Waals surface area contributed by atoms with Gasteiger partial charge in [-0.3, -0.25) is 5.41 Å². The minimum absolute atomic E-state index is 0.00925. The minimum atomic E-state index is 0.00925. The number of hydrogen-bond acceptors (Lipinski definition) is 3. The quantitative estimate of drug-likeness (QED) is 0.469. The Balaban J connectivity index is 2.57. The Morgan fingerprint density at radius 3 is 2.88 bits per heavy atom. The predicted octanol–water partition coefficient (Wildman–Crippen LogP) is 2.76. The highest BCUT2D eigenvalue weighted by Gasteiger charge is 2.04. The second-order valence-electron chi connectivity index (χ2n) is 3.10. The van der Waals surface area contributed by atoms with Crippen molar-refractivity contribution in [3.05, 3.63) is 28.8 Å². The van der Waals surface area contributed by atoms with Gasteiger partial charge in [0.25, 0.3) is 0 Å². The van der Waals surface area contributed by atoms with Crippen LogP contribution in [0.15, 0.2) is 18.2 Å². The van der Waals surface area contributed by atoms with E-state index in [1.807, 2.05) is 11.8 Å². The summed E-state index contributed by atoms with van der Waals surface area (Å²) in [5.74, 6) is 2.68. The summed E-state index contributed by atoms with van der Waals surface area (Å²) in [6, 6.07) is 5.12. The molecule has 16 heavy (non-hydrogen) atoms. The Morgan fingerprint density at radius 1 is 1.56 bits per heavy atom. The van der Waals surface area contributed by atoms with Crippen LogP contribution in [0.1, 0.15) is 12.5 Å². The number of amidine groups is 1. The number of ether oxygens (including phenoxy) is 1. The standard InChI is InChI=1S/C11H15ClN2OS/c1-2-16-6-5-15-10-4-3-8(11(13)14)7-9(10)12/h3-4,7H,2,5-6H2,1H3,(H3,13,14). The van der Waals surface area contributed by atoms with Gasteiger partial charge >= 0.3 is 0 Å². The molecular formula is C11H15ClN2OS. The number of halogens is 1. The van der Waals surface area contributed by atoms with Crippen LogP contribution in [0.3, 0.4) is 0 Å². The maximum absolute atomic E-state index is 7.27. The summed E-state index contributed by atoms with van der Waals surface area (Å²) in [4.78, 5) is 0. The van der Waals surface area contributed by atoms with Crippen LogP contribution in [0.25, 0.3) is 0 Å². The van der Waals surface area contributed by atoms with Crippen molar-refractivity contribution in [1.29, 1.82) is 5.41 Å². The van der Waals surface area contributed by atoms with Crippen LogP contribution in [0.2, 0.25) is 5.02 Å². The molecule has 1 rings (SSSR count). The highest BCUT2D eigenvalue weighted by Crippen LogP contribution is 2.25. The Morgan fingerprint density at radius 2 is 2.31 bits per heavy atom. The van der Waals surface area contributed by atoms with Crippen molar-refractivity contribution in [1.82, 2.24) is 0 Å². The summed E-state index contributed by atoms with van der Waals surface area (Å²) >= 11 is 7.82. The number of thioether (sulfide) groups is 1. The fourth-order valence-electron chi connectivity index (χ4n) is 1.14. The maximum atomic E-state index is 7.27. The van der Waals surface area contributed by atoms with Crippen LogP contribution in [0.5, 0.6) is 5.75 Å². The summed E-state index contributed by atoms with van der Waals surface area (Å²) in [5.41, 5.74) is 5.96. The van der Waals surface area contributed by atoms with Crippen molar-refractivity contribution in [3.63, 3.8) is 0 Å². The highest BCUT2D eigenvalue weighted by atomic mass is 35.5. The van der Waals surface area contributed by atoms with E-state index in [2.05, 4.69) is 6.92 Å². The summed E-state index contributed by atoms with van der Waals surface area (Å²) in [5, 5.41) is 7.76. The summed E-state index contributed by atoms with van der Waals surface area (Å²) in [6.45, 7) is 2.75. The van der Waals surface area contributed by atoms with Crippen molar-refractivity contribution in [3.8, 4) is 5.75 Å². The van der Waals surface area contributed by atoms with E-state index in [-0.39, 0.29) is 5.84 Å². The van der Waals surface area contributed by atoms with Gasteiger partial charge in [0.2, 0.25) is 0 Å². The third-order valence-electron chi connectivity index (χ3n) is 1.93. The van der Waals surface area contributed by atoms with Crippen molar-refractivity contribution in [2.24, 2.45) is 5.73 Å². The molecule has 5 heteroatoms. The molecule has 1 aromatic rings. The third kappa shape index (κ3) is 3.94. The zero-order valence-electron chi connectivity index (χ0n) is 9.13. The smallest absolute Gasteiger partial charge is 0.137 e. The summed E-state index contributed by atoms with van der Waals surface area (Å²) in [6.07, 6.45) is 0. The molecule has 0 atom stereocenters. The topological polar surface area (TPSA) is 59.1 Å². The SMILES string of the molecule is CCSCCOc1ccc(C(=N)N)cc1Cl. The zero-order valence-corrected chi connectivity index (χ0v) is 10.7. The second kappa shape index (κ2) is 6.66. The predicted molar refractivity (Wildman–Crippen MR) is 71.0 cm³/mol. The van der Waals surface area contributed by atoms with Crippen LogP contribution >= 0.6 is 23.4 Å². The van der Waals surface area contributed by atoms with Gasteiger partial charge in [0.15, 0.2) is 0 Å². The third-order valence-corrected chi connectivity index (χ3v) is 3.09. The monoisotopic (exact) mass is 258 g/mol. The molecule has 0 saturated carbocycles. The maximum Gasteiger partial charge on any atom is 0.137 e. The second-order valence-corrected chi connectivity index (χ2v) is 4.91. The van der Waals surface area contributed by atoms with Crippen LogP contribution in [0, 0.1) is 5.41 Å². The van der Waals surface area contributed by atoms with E-state index >= 15 is 0 Å². The molecule has 0 aliphatic heterocycles. The number of rotatable bonds is 6. The Bertz CT molecular complexity index is 371. The number of nitrogen functional groups attached to an aromatic ring is 1. The van der Waals surface area contributed by atoms with E-state index in [4.69, 9.17) is 27.5 Å². The Kier molecular flexibility index (Phi) is 5.49. The van der Waals surface area contributed by atoms with Gasteiger partial charge in [0, 0.05) is 11.3 Å². The molecule has 0 unspecified atom stereocenters. The van der Waals surface area contributed by atoms with Gasteiger partial charge < -0.3 is 10.5 Å². The molecular weight excluding hydrogens is 244 g/mol. The summed E-state index contributed by atoms with van der Waals surface area (Å²) < 4.78 is 5.51. The van der Waals surface area contributed by atoms with Gasteiger partial charge in [0.1, 0.15) is 11.6 Å². The largest absolute Gasteiger partial charge is 0.491 e. The molecule has 88 valence electrons. The lowest BCUT2D eigenvalue weighted by atomic mass is 10.2. The number of benzene rings is 1. The molecule has 0 amide bonds. The average Bonchev–Trinajstić information content (AvgIpc) is 2.26. The van der Waals surface area contributed by atoms with E-state index in [1.165, 1.54) is 0 Å². The summed E-state index contributed by atoms with van der Waals surface area (Å²) in [7, 11) is 0. The molecule has 3 nitrogen and oxygen atoms in total. The molecule has 0 aliphatic carbocycles. The lowest BCUT2D eigenvalue weighted by molar-refractivity contribution is 0.344. The first-order valence-corrected chi connectivity index (χ1v) is 6.53. The Labute approximate surface area is 105 Å². The van der Waals surface area contributed by atoms with Crippen molar-refractivity contribution < 1.29 is 4.74 Å².